The summed E-state index contributed by atoms with van der Waals surface area (Å²) < 4.78 is 10.2. The minimum atomic E-state index is -1.12. The van der Waals surface area contributed by atoms with Crippen LogP contribution in [-0.2, 0) is 4.79 Å². The second-order valence-electron chi connectivity index (χ2n) is 4.66. The van der Waals surface area contributed by atoms with Gasteiger partial charge in [0.15, 0.2) is 6.61 Å². The number of carbonyl (C=O) groups excluding carboxylic acids is 1. The number of methoxy groups -OCH3 is 1. The molecule has 7 heteroatoms. The standard InChI is InChI=1S/C17H16N2O5/c1-23-13-8-6-12(7-9-13)10-18-19-16(20)11-24-15-5-3-2-4-14(15)17(21)22/h2-10H,11H2,1H3,(H,19,20)(H,21,22)/b18-10-. The number of para-hydroxylation sites is 1. The molecule has 0 aliphatic carbocycles. The maximum absolute atomic E-state index is 11.7. The molecule has 0 spiro atoms. The summed E-state index contributed by atoms with van der Waals surface area (Å²) in [6, 6.07) is 13.2. The van der Waals surface area contributed by atoms with Crippen molar-refractivity contribution in [3.05, 3.63) is 59.7 Å². The van der Waals surface area contributed by atoms with Crippen molar-refractivity contribution in [1.82, 2.24) is 5.43 Å². The Morgan fingerprint density at radius 1 is 1.17 bits per heavy atom. The van der Waals surface area contributed by atoms with Gasteiger partial charge in [-0.1, -0.05) is 12.1 Å². The number of aromatic carboxylic acids is 1. The number of rotatable bonds is 7. The monoisotopic (exact) mass is 328 g/mol. The van der Waals surface area contributed by atoms with Gasteiger partial charge in [-0.3, -0.25) is 4.79 Å². The fourth-order valence-electron chi connectivity index (χ4n) is 1.81. The Morgan fingerprint density at radius 2 is 1.88 bits per heavy atom. The van der Waals surface area contributed by atoms with Gasteiger partial charge in [0, 0.05) is 0 Å². The van der Waals surface area contributed by atoms with Crippen LogP contribution < -0.4 is 14.9 Å². The molecule has 2 aromatic rings. The van der Waals surface area contributed by atoms with Gasteiger partial charge in [0.25, 0.3) is 5.91 Å². The number of ether oxygens (including phenoxy) is 2. The van der Waals surface area contributed by atoms with Crippen molar-refractivity contribution >= 4 is 18.1 Å². The summed E-state index contributed by atoms with van der Waals surface area (Å²) in [7, 11) is 1.58. The van der Waals surface area contributed by atoms with Crippen molar-refractivity contribution in [2.75, 3.05) is 13.7 Å². The third-order valence-corrected chi connectivity index (χ3v) is 2.99. The van der Waals surface area contributed by atoms with Crippen molar-refractivity contribution in [3.63, 3.8) is 0 Å². The number of benzene rings is 2. The summed E-state index contributed by atoms with van der Waals surface area (Å²) in [6.45, 7) is -0.343. The molecule has 0 saturated heterocycles. The number of hydrogen-bond donors (Lipinski definition) is 2. The molecule has 1 amide bonds. The minimum Gasteiger partial charge on any atom is -0.497 e. The molecule has 0 fully saturated rings. The van der Waals surface area contributed by atoms with Gasteiger partial charge < -0.3 is 14.6 Å². The van der Waals surface area contributed by atoms with E-state index in [0.717, 1.165) is 11.3 Å². The third-order valence-electron chi connectivity index (χ3n) is 2.99. The number of hydrogen-bond acceptors (Lipinski definition) is 5. The lowest BCUT2D eigenvalue weighted by atomic mass is 10.2. The molecule has 0 aliphatic rings. The van der Waals surface area contributed by atoms with E-state index in [2.05, 4.69) is 10.5 Å². The number of carbonyl (C=O) groups is 2. The molecule has 24 heavy (non-hydrogen) atoms. The number of amides is 1. The van der Waals surface area contributed by atoms with Crippen LogP contribution in [0, 0.1) is 0 Å². The zero-order chi connectivity index (χ0) is 17.4. The van der Waals surface area contributed by atoms with Gasteiger partial charge in [-0.15, -0.1) is 0 Å². The van der Waals surface area contributed by atoms with E-state index in [1.165, 1.54) is 18.3 Å². The summed E-state index contributed by atoms with van der Waals surface area (Å²) in [6.07, 6.45) is 1.47. The van der Waals surface area contributed by atoms with Crippen LogP contribution in [0.2, 0.25) is 0 Å². The second-order valence-corrected chi connectivity index (χ2v) is 4.66. The van der Waals surface area contributed by atoms with Gasteiger partial charge in [0.1, 0.15) is 17.1 Å². The molecule has 0 radical (unpaired) electrons. The zero-order valence-corrected chi connectivity index (χ0v) is 12.9. The molecule has 124 valence electrons. The predicted molar refractivity (Wildman–Crippen MR) is 87.6 cm³/mol. The molecule has 0 heterocycles. The van der Waals surface area contributed by atoms with Crippen LogP contribution in [0.1, 0.15) is 15.9 Å². The lowest BCUT2D eigenvalue weighted by Gasteiger charge is -2.07. The maximum Gasteiger partial charge on any atom is 0.339 e. The summed E-state index contributed by atoms with van der Waals surface area (Å²) in [5, 5.41) is 12.8. The van der Waals surface area contributed by atoms with Gasteiger partial charge in [0.2, 0.25) is 0 Å². The highest BCUT2D eigenvalue weighted by molar-refractivity contribution is 5.91. The average molecular weight is 328 g/mol. The van der Waals surface area contributed by atoms with Crippen LogP contribution >= 0.6 is 0 Å². The number of nitrogens with one attached hydrogen (secondary N) is 1. The van der Waals surface area contributed by atoms with Crippen LogP contribution in [0.5, 0.6) is 11.5 Å². The van der Waals surface area contributed by atoms with Crippen LogP contribution in [0.25, 0.3) is 0 Å². The summed E-state index contributed by atoms with van der Waals surface area (Å²) in [4.78, 5) is 22.7. The topological polar surface area (TPSA) is 97.2 Å². The Hall–Kier alpha value is -3.35. The first-order chi connectivity index (χ1) is 11.6. The van der Waals surface area contributed by atoms with E-state index < -0.39 is 11.9 Å². The van der Waals surface area contributed by atoms with Crippen molar-refractivity contribution < 1.29 is 24.2 Å². The highest BCUT2D eigenvalue weighted by atomic mass is 16.5. The van der Waals surface area contributed by atoms with E-state index in [-0.39, 0.29) is 17.9 Å². The zero-order valence-electron chi connectivity index (χ0n) is 12.9. The van der Waals surface area contributed by atoms with Crippen LogP contribution in [0.15, 0.2) is 53.6 Å². The summed E-state index contributed by atoms with van der Waals surface area (Å²) >= 11 is 0. The second kappa shape index (κ2) is 8.33. The van der Waals surface area contributed by atoms with Gasteiger partial charge in [-0.2, -0.15) is 5.10 Å². The molecule has 0 unspecified atom stereocenters. The molecule has 0 bridgehead atoms. The van der Waals surface area contributed by atoms with Crippen molar-refractivity contribution in [3.8, 4) is 11.5 Å². The Balaban J connectivity index is 1.85. The Morgan fingerprint density at radius 3 is 2.54 bits per heavy atom. The van der Waals surface area contributed by atoms with E-state index in [1.807, 2.05) is 0 Å². The molecule has 2 N–H and O–H groups in total. The average Bonchev–Trinajstić information content (AvgIpc) is 2.60. The number of carboxylic acid groups (broad SMARTS) is 1. The largest absolute Gasteiger partial charge is 0.497 e. The number of hydrazone groups is 1. The molecule has 0 atom stereocenters. The molecule has 0 aliphatic heterocycles. The highest BCUT2D eigenvalue weighted by Crippen LogP contribution is 2.17. The SMILES string of the molecule is COc1ccc(/C=N\NC(=O)COc2ccccc2C(=O)O)cc1. The molecular weight excluding hydrogens is 312 g/mol. The smallest absolute Gasteiger partial charge is 0.339 e. The quantitative estimate of drug-likeness (QED) is 0.598. The molecule has 0 saturated carbocycles. The van der Waals surface area contributed by atoms with E-state index in [0.29, 0.717) is 0 Å². The van der Waals surface area contributed by atoms with Gasteiger partial charge in [-0.25, -0.2) is 10.2 Å². The van der Waals surface area contributed by atoms with Crippen molar-refractivity contribution in [1.29, 1.82) is 0 Å². The van der Waals surface area contributed by atoms with E-state index in [9.17, 15) is 9.59 Å². The van der Waals surface area contributed by atoms with Crippen molar-refractivity contribution in [2.45, 2.75) is 0 Å². The van der Waals surface area contributed by atoms with Gasteiger partial charge in [-0.05, 0) is 42.0 Å². The molecule has 2 aromatic carbocycles. The Labute approximate surface area is 138 Å². The first kappa shape index (κ1) is 17.0. The lowest BCUT2D eigenvalue weighted by Crippen LogP contribution is -2.25. The summed E-state index contributed by atoms with van der Waals surface area (Å²) in [5.41, 5.74) is 3.08. The fraction of sp³-hybridized carbons (Fsp3) is 0.118. The van der Waals surface area contributed by atoms with E-state index >= 15 is 0 Å². The van der Waals surface area contributed by atoms with Crippen molar-refractivity contribution in [2.24, 2.45) is 5.10 Å². The van der Waals surface area contributed by atoms with Crippen LogP contribution in [0.4, 0.5) is 0 Å². The van der Waals surface area contributed by atoms with Crippen LogP contribution in [-0.4, -0.2) is 36.9 Å². The van der Waals surface area contributed by atoms with E-state index in [4.69, 9.17) is 14.6 Å². The molecule has 2 rings (SSSR count). The number of carboxylic acids is 1. The predicted octanol–water partition coefficient (Wildman–Crippen LogP) is 1.92. The minimum absolute atomic E-state index is 0.00738. The Bertz CT molecular complexity index is 741. The first-order valence-electron chi connectivity index (χ1n) is 7.01. The van der Waals surface area contributed by atoms with Gasteiger partial charge in [0.05, 0.1) is 13.3 Å². The fourth-order valence-corrected chi connectivity index (χ4v) is 1.81. The molecular formula is C17H16N2O5. The van der Waals surface area contributed by atoms with E-state index in [1.54, 1.807) is 43.5 Å². The molecule has 0 aromatic heterocycles. The summed E-state index contributed by atoms with van der Waals surface area (Å²) in [5.74, 6) is -0.774. The highest BCUT2D eigenvalue weighted by Gasteiger charge is 2.11. The lowest BCUT2D eigenvalue weighted by molar-refractivity contribution is -0.123. The maximum atomic E-state index is 11.7. The molecule has 7 nitrogen and oxygen atoms in total. The Kier molecular flexibility index (Phi) is 5.90. The first-order valence-corrected chi connectivity index (χ1v) is 7.01. The number of nitrogens with zero attached hydrogens (tertiary/aromatic N) is 1. The van der Waals surface area contributed by atoms with Gasteiger partial charge >= 0.3 is 5.97 Å². The normalized spacial score (nSPS) is 10.4. The van der Waals surface area contributed by atoms with Crippen LogP contribution in [0.3, 0.4) is 0 Å². The third kappa shape index (κ3) is 4.84.